The van der Waals surface area contributed by atoms with E-state index in [9.17, 15) is 0 Å². The molecular formula is C8H18NO+. The number of rotatable bonds is 2. The van der Waals surface area contributed by atoms with Crippen LogP contribution in [0, 0.1) is 0 Å². The molecule has 60 valence electrons. The third kappa shape index (κ3) is 2.27. The molecule has 1 saturated heterocycles. The average Bonchev–Trinajstić information content (AvgIpc) is 1.95. The summed E-state index contributed by atoms with van der Waals surface area (Å²) in [6.45, 7) is 3.14. The minimum atomic E-state index is -0.0342. The maximum absolute atomic E-state index is 9.16. The Morgan fingerprint density at radius 2 is 2.30 bits per heavy atom. The maximum atomic E-state index is 9.16. The zero-order valence-corrected chi connectivity index (χ0v) is 6.71. The molecule has 0 spiro atoms. The molecule has 1 fully saturated rings. The summed E-state index contributed by atoms with van der Waals surface area (Å²) in [6, 6.07) is 0.799. The summed E-state index contributed by atoms with van der Waals surface area (Å²) in [5.74, 6) is 0. The van der Waals surface area contributed by atoms with E-state index in [0.717, 1.165) is 19.0 Å². The summed E-state index contributed by atoms with van der Waals surface area (Å²) in [7, 11) is 0. The van der Waals surface area contributed by atoms with E-state index >= 15 is 0 Å². The third-order valence-electron chi connectivity index (χ3n) is 2.27. The van der Waals surface area contributed by atoms with E-state index in [0.29, 0.717) is 0 Å². The van der Waals surface area contributed by atoms with Gasteiger partial charge in [0.25, 0.3) is 0 Å². The highest BCUT2D eigenvalue weighted by atomic mass is 16.3. The second-order valence-electron chi connectivity index (χ2n) is 3.25. The van der Waals surface area contributed by atoms with Gasteiger partial charge in [0.05, 0.1) is 6.04 Å². The minimum absolute atomic E-state index is 0.0342. The fraction of sp³-hybridized carbons (Fsp3) is 1.00. The lowest BCUT2D eigenvalue weighted by atomic mass is 9.99. The SMILES string of the molecule is CCC[C@H]1CC[C@H](O)C[NH2+]1. The van der Waals surface area contributed by atoms with Crippen LogP contribution in [-0.2, 0) is 0 Å². The van der Waals surface area contributed by atoms with Crippen molar-refractivity contribution in [1.82, 2.24) is 0 Å². The fourth-order valence-corrected chi connectivity index (χ4v) is 1.62. The summed E-state index contributed by atoms with van der Waals surface area (Å²) >= 11 is 0. The molecule has 0 aromatic rings. The van der Waals surface area contributed by atoms with Crippen molar-refractivity contribution in [3.8, 4) is 0 Å². The Bertz CT molecular complexity index is 87.3. The van der Waals surface area contributed by atoms with Crippen LogP contribution in [0.25, 0.3) is 0 Å². The molecular weight excluding hydrogens is 126 g/mol. The monoisotopic (exact) mass is 144 g/mol. The van der Waals surface area contributed by atoms with Gasteiger partial charge in [0.15, 0.2) is 0 Å². The quantitative estimate of drug-likeness (QED) is 0.556. The van der Waals surface area contributed by atoms with Crippen molar-refractivity contribution < 1.29 is 10.4 Å². The largest absolute Gasteiger partial charge is 0.387 e. The molecule has 3 N–H and O–H groups in total. The van der Waals surface area contributed by atoms with Crippen molar-refractivity contribution in [2.75, 3.05) is 6.54 Å². The second kappa shape index (κ2) is 3.94. The Balaban J connectivity index is 2.13. The highest BCUT2D eigenvalue weighted by Crippen LogP contribution is 2.06. The highest BCUT2D eigenvalue weighted by molar-refractivity contribution is 4.64. The van der Waals surface area contributed by atoms with E-state index in [-0.39, 0.29) is 6.10 Å². The fourth-order valence-electron chi connectivity index (χ4n) is 1.62. The zero-order valence-electron chi connectivity index (χ0n) is 6.71. The Labute approximate surface area is 62.6 Å². The van der Waals surface area contributed by atoms with Crippen LogP contribution in [0.3, 0.4) is 0 Å². The van der Waals surface area contributed by atoms with Gasteiger partial charge in [-0.15, -0.1) is 0 Å². The molecule has 0 saturated carbocycles. The first-order valence-corrected chi connectivity index (χ1v) is 4.34. The van der Waals surface area contributed by atoms with Gasteiger partial charge in [0.1, 0.15) is 12.6 Å². The van der Waals surface area contributed by atoms with Gasteiger partial charge in [-0.1, -0.05) is 13.3 Å². The van der Waals surface area contributed by atoms with Gasteiger partial charge in [-0.05, 0) is 12.8 Å². The van der Waals surface area contributed by atoms with E-state index in [2.05, 4.69) is 12.2 Å². The lowest BCUT2D eigenvalue weighted by Crippen LogP contribution is -2.93. The van der Waals surface area contributed by atoms with E-state index in [1.807, 2.05) is 0 Å². The summed E-state index contributed by atoms with van der Waals surface area (Å²) < 4.78 is 0. The van der Waals surface area contributed by atoms with E-state index in [4.69, 9.17) is 5.11 Å². The van der Waals surface area contributed by atoms with Crippen molar-refractivity contribution in [3.05, 3.63) is 0 Å². The number of quaternary nitrogens is 1. The van der Waals surface area contributed by atoms with Gasteiger partial charge in [0, 0.05) is 6.42 Å². The summed E-state index contributed by atoms with van der Waals surface area (Å²) in [4.78, 5) is 0. The van der Waals surface area contributed by atoms with Crippen molar-refractivity contribution in [3.63, 3.8) is 0 Å². The summed E-state index contributed by atoms with van der Waals surface area (Å²) in [5.41, 5.74) is 0. The van der Waals surface area contributed by atoms with E-state index < -0.39 is 0 Å². The van der Waals surface area contributed by atoms with Gasteiger partial charge < -0.3 is 10.4 Å². The molecule has 2 atom stereocenters. The van der Waals surface area contributed by atoms with Crippen molar-refractivity contribution >= 4 is 0 Å². The number of piperidine rings is 1. The molecule has 0 unspecified atom stereocenters. The third-order valence-corrected chi connectivity index (χ3v) is 2.27. The normalized spacial score (nSPS) is 34.2. The van der Waals surface area contributed by atoms with Crippen molar-refractivity contribution in [1.29, 1.82) is 0 Å². The first-order valence-electron chi connectivity index (χ1n) is 4.34. The van der Waals surface area contributed by atoms with Crippen LogP contribution in [-0.4, -0.2) is 23.8 Å². The van der Waals surface area contributed by atoms with Crippen LogP contribution < -0.4 is 5.32 Å². The topological polar surface area (TPSA) is 36.8 Å². The molecule has 2 nitrogen and oxygen atoms in total. The number of hydrogen-bond donors (Lipinski definition) is 2. The van der Waals surface area contributed by atoms with Crippen LogP contribution in [0.5, 0.6) is 0 Å². The molecule has 0 aromatic carbocycles. The number of hydrogen-bond acceptors (Lipinski definition) is 1. The van der Waals surface area contributed by atoms with Crippen LogP contribution in [0.15, 0.2) is 0 Å². The standard InChI is InChI=1S/C8H17NO/c1-2-3-7-4-5-8(10)6-9-7/h7-10H,2-6H2,1H3/p+1/t7-,8-/m0/s1. The zero-order chi connectivity index (χ0) is 7.40. The summed E-state index contributed by atoms with van der Waals surface area (Å²) in [6.07, 6.45) is 4.77. The molecule has 0 bridgehead atoms. The number of aliphatic hydroxyl groups is 1. The maximum Gasteiger partial charge on any atom is 0.103 e. The lowest BCUT2D eigenvalue weighted by molar-refractivity contribution is -0.704. The van der Waals surface area contributed by atoms with Gasteiger partial charge in [-0.3, -0.25) is 0 Å². The van der Waals surface area contributed by atoms with Crippen LogP contribution in [0.4, 0.5) is 0 Å². The number of aliphatic hydroxyl groups excluding tert-OH is 1. The van der Waals surface area contributed by atoms with Crippen LogP contribution in [0.1, 0.15) is 32.6 Å². The van der Waals surface area contributed by atoms with E-state index in [1.54, 1.807) is 0 Å². The second-order valence-corrected chi connectivity index (χ2v) is 3.25. The molecule has 0 radical (unpaired) electrons. The average molecular weight is 144 g/mol. The van der Waals surface area contributed by atoms with Crippen LogP contribution >= 0.6 is 0 Å². The summed E-state index contributed by atoms with van der Waals surface area (Å²) in [5, 5.41) is 11.5. The van der Waals surface area contributed by atoms with Gasteiger partial charge in [0.2, 0.25) is 0 Å². The molecule has 1 aliphatic rings. The predicted octanol–water partition coefficient (Wildman–Crippen LogP) is -0.127. The first-order chi connectivity index (χ1) is 4.83. The van der Waals surface area contributed by atoms with Gasteiger partial charge in [-0.2, -0.15) is 0 Å². The first kappa shape index (κ1) is 8.02. The van der Waals surface area contributed by atoms with Crippen LogP contribution in [0.2, 0.25) is 0 Å². The van der Waals surface area contributed by atoms with Gasteiger partial charge in [-0.25, -0.2) is 0 Å². The molecule has 0 amide bonds. The van der Waals surface area contributed by atoms with Crippen molar-refractivity contribution in [2.45, 2.75) is 44.8 Å². The van der Waals surface area contributed by atoms with E-state index in [1.165, 1.54) is 19.3 Å². The van der Waals surface area contributed by atoms with Crippen molar-refractivity contribution in [2.24, 2.45) is 0 Å². The molecule has 10 heavy (non-hydrogen) atoms. The molecule has 0 aromatic heterocycles. The Morgan fingerprint density at radius 3 is 2.80 bits per heavy atom. The molecule has 0 aliphatic carbocycles. The molecule has 1 heterocycles. The predicted molar refractivity (Wildman–Crippen MR) is 40.7 cm³/mol. The Hall–Kier alpha value is -0.0800. The Kier molecular flexibility index (Phi) is 3.16. The van der Waals surface area contributed by atoms with Gasteiger partial charge >= 0.3 is 0 Å². The minimum Gasteiger partial charge on any atom is -0.387 e. The lowest BCUT2D eigenvalue weighted by Gasteiger charge is -2.23. The number of nitrogens with two attached hydrogens (primary N) is 1. The smallest absolute Gasteiger partial charge is 0.103 e. The Morgan fingerprint density at radius 1 is 1.50 bits per heavy atom. The molecule has 1 rings (SSSR count). The molecule has 1 aliphatic heterocycles. The highest BCUT2D eigenvalue weighted by Gasteiger charge is 2.20. The molecule has 2 heteroatoms.